The topological polar surface area (TPSA) is 198 Å². The lowest BCUT2D eigenvalue weighted by atomic mass is 9.98. The van der Waals surface area contributed by atoms with Gasteiger partial charge in [-0.2, -0.15) is 5.26 Å². The monoisotopic (exact) mass is 853 g/mol. The second kappa shape index (κ2) is 18.6. The maximum Gasteiger partial charge on any atom is 0.407 e. The van der Waals surface area contributed by atoms with Crippen molar-refractivity contribution in [2.75, 3.05) is 27.3 Å². The highest BCUT2D eigenvalue weighted by Crippen LogP contribution is 2.58. The molecule has 4 atom stereocenters. The standard InChI is InChI=1S/C48H55N9O6/c1-8-30(22-49)25-56(44(58)41(28(2)3)54-46(60)62-6)26-40-50-23-37(52-40)32-11-9-31(10-12-32)33-13-14-35-20-36(16-15-34(35)19-33)38-24-51-43(53-38)39-21-48(17-18-48)27-57(39)45(59)42(29(4)5)55-47(61)63-7/h8-16,19-20,23-24,28-30,39,41-42H,1,17-18,21,25-27H2,2-7H3,(H,50,52)(H,51,53)(H,54,60)(H,55,61). The maximum absolute atomic E-state index is 13.9. The third-order valence-corrected chi connectivity index (χ3v) is 12.3. The molecule has 1 spiro atoms. The van der Waals surface area contributed by atoms with Crippen LogP contribution < -0.4 is 10.6 Å². The summed E-state index contributed by atoms with van der Waals surface area (Å²) in [6, 6.07) is 21.2. The summed E-state index contributed by atoms with van der Waals surface area (Å²) < 4.78 is 9.56. The number of nitrogens with one attached hydrogen (secondary N) is 4. The fourth-order valence-electron chi connectivity index (χ4n) is 8.34. The number of ether oxygens (including phenoxy) is 2. The first kappa shape index (κ1) is 44.1. The van der Waals surface area contributed by atoms with E-state index in [0.717, 1.165) is 69.5 Å². The summed E-state index contributed by atoms with van der Waals surface area (Å²) in [6.07, 6.45) is 6.68. The van der Waals surface area contributed by atoms with Gasteiger partial charge in [-0.25, -0.2) is 19.6 Å². The van der Waals surface area contributed by atoms with E-state index in [1.807, 2.05) is 50.9 Å². The Balaban J connectivity index is 1.04. The SMILES string of the molecule is C=CC(C#N)CN(Cc1ncc(-c2ccc(-c3ccc4cc(-c5cnc(C6CC7(CC7)CN6C(=O)C(NC(=O)OC)C(C)C)[nH]5)ccc4c3)cc2)[nH]1)C(=O)C(NC(=O)OC)C(C)C. The number of imidazole rings is 2. The molecule has 1 aliphatic carbocycles. The van der Waals surface area contributed by atoms with Crippen LogP contribution >= 0.6 is 0 Å². The van der Waals surface area contributed by atoms with Crippen molar-refractivity contribution in [1.29, 1.82) is 5.26 Å². The van der Waals surface area contributed by atoms with E-state index in [1.54, 1.807) is 6.20 Å². The van der Waals surface area contributed by atoms with Crippen molar-refractivity contribution in [3.05, 3.63) is 97.4 Å². The Labute approximate surface area is 367 Å². The van der Waals surface area contributed by atoms with Crippen LogP contribution in [-0.4, -0.2) is 93.1 Å². The molecule has 328 valence electrons. The van der Waals surface area contributed by atoms with Crippen molar-refractivity contribution in [2.45, 2.75) is 71.6 Å². The molecule has 63 heavy (non-hydrogen) atoms. The minimum atomic E-state index is -0.864. The Morgan fingerprint density at radius 2 is 1.43 bits per heavy atom. The summed E-state index contributed by atoms with van der Waals surface area (Å²) in [5, 5.41) is 17.1. The summed E-state index contributed by atoms with van der Waals surface area (Å²) in [5.41, 5.74) is 5.72. The number of likely N-dealkylation sites (tertiary alicyclic amines) is 1. The summed E-state index contributed by atoms with van der Waals surface area (Å²) in [5.74, 6) is -0.182. The van der Waals surface area contributed by atoms with Crippen LogP contribution in [0.2, 0.25) is 0 Å². The molecule has 15 nitrogen and oxygen atoms in total. The fourth-order valence-corrected chi connectivity index (χ4v) is 8.34. The number of benzene rings is 3. The van der Waals surface area contributed by atoms with Crippen molar-refractivity contribution in [3.8, 4) is 39.7 Å². The lowest BCUT2D eigenvalue weighted by molar-refractivity contribution is -0.136. The predicted octanol–water partition coefficient (Wildman–Crippen LogP) is 7.76. The number of H-pyrrole nitrogens is 2. The van der Waals surface area contributed by atoms with Gasteiger partial charge < -0.3 is 39.9 Å². The quantitative estimate of drug-likeness (QED) is 0.0761. The number of amides is 4. The summed E-state index contributed by atoms with van der Waals surface area (Å²) in [6.45, 7) is 12.0. The van der Waals surface area contributed by atoms with E-state index in [2.05, 4.69) is 86.8 Å². The third-order valence-electron chi connectivity index (χ3n) is 12.3. The first-order chi connectivity index (χ1) is 30.2. The van der Waals surface area contributed by atoms with Gasteiger partial charge in [0.1, 0.15) is 23.7 Å². The Kier molecular flexibility index (Phi) is 13.0. The highest BCUT2D eigenvalue weighted by molar-refractivity contribution is 5.91. The number of alkyl carbamates (subject to hydrolysis) is 2. The molecule has 7 rings (SSSR count). The van der Waals surface area contributed by atoms with Crippen LogP contribution in [0.3, 0.4) is 0 Å². The average molecular weight is 854 g/mol. The van der Waals surface area contributed by atoms with Crippen molar-refractivity contribution in [2.24, 2.45) is 23.2 Å². The molecule has 4 N–H and O–H groups in total. The molecule has 1 saturated carbocycles. The Morgan fingerprint density at radius 3 is 2.03 bits per heavy atom. The van der Waals surface area contributed by atoms with Crippen LogP contribution in [0.25, 0.3) is 44.4 Å². The number of aromatic nitrogens is 4. The number of carbonyl (C=O) groups is 4. The predicted molar refractivity (Wildman–Crippen MR) is 238 cm³/mol. The van der Waals surface area contributed by atoms with E-state index in [-0.39, 0.29) is 48.2 Å². The number of hydrogen-bond acceptors (Lipinski definition) is 9. The molecule has 1 saturated heterocycles. The molecule has 2 aliphatic rings. The van der Waals surface area contributed by atoms with Crippen LogP contribution in [0.1, 0.15) is 64.6 Å². The number of hydrogen-bond donors (Lipinski definition) is 4. The zero-order valence-electron chi connectivity index (χ0n) is 36.6. The second-order valence-corrected chi connectivity index (χ2v) is 17.4. The normalized spacial score (nSPS) is 16.6. The molecule has 1 aliphatic heterocycles. The van der Waals surface area contributed by atoms with Crippen molar-refractivity contribution in [3.63, 3.8) is 0 Å². The number of fused-ring (bicyclic) bond motifs is 1. The first-order valence-electron chi connectivity index (χ1n) is 21.3. The lowest BCUT2D eigenvalue weighted by Gasteiger charge is -2.30. The van der Waals surface area contributed by atoms with Gasteiger partial charge >= 0.3 is 12.2 Å². The molecule has 15 heteroatoms. The molecule has 2 fully saturated rings. The van der Waals surface area contributed by atoms with E-state index in [1.165, 1.54) is 25.2 Å². The molecular formula is C48H55N9O6. The Hall–Kier alpha value is -6.95. The van der Waals surface area contributed by atoms with Crippen LogP contribution in [0.5, 0.6) is 0 Å². The summed E-state index contributed by atoms with van der Waals surface area (Å²) >= 11 is 0. The fraction of sp³-hybridized carbons (Fsp3) is 0.396. The molecule has 0 bridgehead atoms. The number of aromatic amines is 2. The molecule has 4 amide bonds. The van der Waals surface area contributed by atoms with E-state index in [9.17, 15) is 24.4 Å². The maximum atomic E-state index is 13.9. The molecule has 0 radical (unpaired) electrons. The van der Waals surface area contributed by atoms with Crippen molar-refractivity contribution in [1.82, 2.24) is 40.4 Å². The Bertz CT molecular complexity index is 2530. The molecule has 4 unspecified atom stereocenters. The number of nitrogens with zero attached hydrogens (tertiary/aromatic N) is 5. The Morgan fingerprint density at radius 1 is 0.857 bits per heavy atom. The third kappa shape index (κ3) is 9.75. The van der Waals surface area contributed by atoms with Gasteiger partial charge in [-0.05, 0) is 76.1 Å². The highest BCUT2D eigenvalue weighted by atomic mass is 16.5. The first-order valence-corrected chi connectivity index (χ1v) is 21.3. The number of carbonyl (C=O) groups excluding carboxylic acids is 4. The van der Waals surface area contributed by atoms with Crippen LogP contribution in [0, 0.1) is 34.5 Å². The molecule has 3 aromatic carbocycles. The summed E-state index contributed by atoms with van der Waals surface area (Å²) in [7, 11) is 2.54. The molecule has 2 aromatic heterocycles. The smallest absolute Gasteiger partial charge is 0.407 e. The second-order valence-electron chi connectivity index (χ2n) is 17.4. The largest absolute Gasteiger partial charge is 0.453 e. The van der Waals surface area contributed by atoms with Crippen LogP contribution in [0.4, 0.5) is 9.59 Å². The van der Waals surface area contributed by atoms with E-state index < -0.39 is 30.2 Å². The number of methoxy groups -OCH3 is 2. The van der Waals surface area contributed by atoms with E-state index in [4.69, 9.17) is 14.5 Å². The number of nitriles is 1. The van der Waals surface area contributed by atoms with Gasteiger partial charge in [-0.1, -0.05) is 82.3 Å². The van der Waals surface area contributed by atoms with Crippen LogP contribution in [-0.2, 0) is 25.6 Å². The molecular weight excluding hydrogens is 799 g/mol. The van der Waals surface area contributed by atoms with E-state index >= 15 is 0 Å². The van der Waals surface area contributed by atoms with Crippen molar-refractivity contribution < 1.29 is 28.7 Å². The van der Waals surface area contributed by atoms with Gasteiger partial charge in [0.05, 0.1) is 62.6 Å². The van der Waals surface area contributed by atoms with Gasteiger partial charge in [0, 0.05) is 18.7 Å². The highest BCUT2D eigenvalue weighted by Gasteiger charge is 2.55. The van der Waals surface area contributed by atoms with Gasteiger partial charge in [0.25, 0.3) is 0 Å². The van der Waals surface area contributed by atoms with Crippen LogP contribution in [0.15, 0.2) is 85.7 Å². The molecule has 3 heterocycles. The van der Waals surface area contributed by atoms with E-state index in [0.29, 0.717) is 12.4 Å². The average Bonchev–Trinajstić information content (AvgIpc) is 3.60. The minimum Gasteiger partial charge on any atom is -0.453 e. The summed E-state index contributed by atoms with van der Waals surface area (Å²) in [4.78, 5) is 71.4. The van der Waals surface area contributed by atoms with Gasteiger partial charge in [-0.15, -0.1) is 6.58 Å². The van der Waals surface area contributed by atoms with Gasteiger partial charge in [-0.3, -0.25) is 9.59 Å². The lowest BCUT2D eigenvalue weighted by Crippen LogP contribution is -2.51. The number of rotatable bonds is 15. The zero-order valence-corrected chi connectivity index (χ0v) is 36.6. The van der Waals surface area contributed by atoms with Crippen molar-refractivity contribution >= 4 is 34.8 Å². The molecule has 5 aromatic rings. The van der Waals surface area contributed by atoms with Gasteiger partial charge in [0.2, 0.25) is 11.8 Å². The zero-order chi connectivity index (χ0) is 45.0. The van der Waals surface area contributed by atoms with Gasteiger partial charge in [0.15, 0.2) is 0 Å². The minimum absolute atomic E-state index is 0.0783.